The van der Waals surface area contributed by atoms with E-state index < -0.39 is 0 Å². The Morgan fingerprint density at radius 3 is 2.88 bits per heavy atom. The van der Waals surface area contributed by atoms with Gasteiger partial charge in [0.2, 0.25) is 0 Å². The van der Waals surface area contributed by atoms with E-state index in [1.54, 1.807) is 29.7 Å². The minimum absolute atomic E-state index is 0.130. The van der Waals surface area contributed by atoms with Crippen molar-refractivity contribution >= 4 is 34.1 Å². The number of oxime groups is 1. The van der Waals surface area contributed by atoms with Gasteiger partial charge in [-0.15, -0.1) is 5.16 Å². The zero-order valence-electron chi connectivity index (χ0n) is 9.54. The third kappa shape index (κ3) is 3.51. The maximum Gasteiger partial charge on any atom is 0.125 e. The Kier molecular flexibility index (Phi) is 4.12. The molecule has 0 aliphatic carbocycles. The minimum Gasteiger partial charge on any atom is -0.411 e. The van der Waals surface area contributed by atoms with Crippen molar-refractivity contribution in [1.29, 1.82) is 0 Å². The highest BCUT2D eigenvalue weighted by Gasteiger charge is 2.33. The van der Waals surface area contributed by atoms with Gasteiger partial charge in [0.1, 0.15) is 4.38 Å². The molecule has 17 heavy (non-hydrogen) atoms. The molecule has 2 rings (SSSR count). The summed E-state index contributed by atoms with van der Waals surface area (Å²) in [5, 5.41) is 11.7. The Hall–Kier alpha value is -0.940. The number of hydrogen-bond acceptors (Lipinski definition) is 5. The van der Waals surface area contributed by atoms with E-state index in [1.807, 2.05) is 18.2 Å². The van der Waals surface area contributed by atoms with E-state index in [0.717, 1.165) is 10.1 Å². The van der Waals surface area contributed by atoms with Crippen molar-refractivity contribution in [2.45, 2.75) is 18.2 Å². The largest absolute Gasteiger partial charge is 0.411 e. The molecule has 1 fully saturated rings. The normalized spacial score (nSPS) is 27.0. The van der Waals surface area contributed by atoms with Crippen LogP contribution >= 0.6 is 23.5 Å². The van der Waals surface area contributed by atoms with E-state index in [0.29, 0.717) is 6.54 Å². The fourth-order valence-corrected chi connectivity index (χ4v) is 4.13. The first-order chi connectivity index (χ1) is 8.22. The predicted octanol–water partition coefficient (Wildman–Crippen LogP) is 3.24. The Morgan fingerprint density at radius 2 is 2.18 bits per heavy atom. The topological polar surface area (TPSA) is 45.0 Å². The van der Waals surface area contributed by atoms with E-state index in [-0.39, 0.29) is 4.75 Å². The maximum absolute atomic E-state index is 8.59. The Bertz CT molecular complexity index is 433. The first-order valence-electron chi connectivity index (χ1n) is 5.31. The lowest BCUT2D eigenvalue weighted by Gasteiger charge is -2.12. The molecule has 0 spiro atoms. The number of rotatable bonds is 3. The molecule has 0 aromatic heterocycles. The minimum atomic E-state index is -0.130. The second kappa shape index (κ2) is 5.60. The second-order valence-electron chi connectivity index (χ2n) is 4.02. The van der Waals surface area contributed by atoms with Crippen LogP contribution in [-0.2, 0) is 6.54 Å². The molecular weight excluding hydrogens is 252 g/mol. The number of aliphatic imine (C=N–C) groups is 1. The van der Waals surface area contributed by atoms with Crippen LogP contribution in [0.2, 0.25) is 0 Å². The first kappa shape index (κ1) is 12.5. The van der Waals surface area contributed by atoms with E-state index >= 15 is 0 Å². The van der Waals surface area contributed by atoms with Crippen LogP contribution in [0.15, 0.2) is 40.5 Å². The molecule has 0 radical (unpaired) electrons. The highest BCUT2D eigenvalue weighted by Crippen LogP contribution is 2.40. The van der Waals surface area contributed by atoms with Crippen molar-refractivity contribution in [1.82, 2.24) is 0 Å². The number of hydrogen-bond donors (Lipinski definition) is 1. The molecule has 1 unspecified atom stereocenters. The summed E-state index contributed by atoms with van der Waals surface area (Å²) in [7, 11) is 0. The van der Waals surface area contributed by atoms with E-state index in [9.17, 15) is 0 Å². The van der Waals surface area contributed by atoms with Gasteiger partial charge in [0, 0.05) is 5.75 Å². The smallest absolute Gasteiger partial charge is 0.125 e. The summed E-state index contributed by atoms with van der Waals surface area (Å²) in [6, 6.07) is 10.2. The molecule has 0 amide bonds. The molecule has 0 bridgehead atoms. The molecule has 1 N–H and O–H groups in total. The van der Waals surface area contributed by atoms with Gasteiger partial charge in [-0.3, -0.25) is 4.99 Å². The van der Waals surface area contributed by atoms with Gasteiger partial charge in [0.25, 0.3) is 0 Å². The Balaban J connectivity index is 1.97. The van der Waals surface area contributed by atoms with Gasteiger partial charge in [-0.2, -0.15) is 0 Å². The molecule has 5 heteroatoms. The average molecular weight is 266 g/mol. The molecule has 3 nitrogen and oxygen atoms in total. The van der Waals surface area contributed by atoms with Crippen LogP contribution in [0, 0.1) is 0 Å². The van der Waals surface area contributed by atoms with Crippen LogP contribution in [0.4, 0.5) is 0 Å². The van der Waals surface area contributed by atoms with Crippen molar-refractivity contribution in [3.05, 3.63) is 35.9 Å². The zero-order chi connectivity index (χ0) is 12.1. The summed E-state index contributed by atoms with van der Waals surface area (Å²) in [6.45, 7) is 2.76. The average Bonchev–Trinajstić information content (AvgIpc) is 2.70. The van der Waals surface area contributed by atoms with Gasteiger partial charge in [0.15, 0.2) is 0 Å². The van der Waals surface area contributed by atoms with Crippen molar-refractivity contribution < 1.29 is 5.21 Å². The lowest BCUT2D eigenvalue weighted by molar-refractivity contribution is 0.320. The van der Waals surface area contributed by atoms with Crippen molar-refractivity contribution in [2.75, 3.05) is 5.75 Å². The Labute approximate surface area is 109 Å². The van der Waals surface area contributed by atoms with Gasteiger partial charge in [0.05, 0.1) is 17.5 Å². The van der Waals surface area contributed by atoms with E-state index in [1.165, 1.54) is 5.56 Å². The molecule has 0 saturated carbocycles. The lowest BCUT2D eigenvalue weighted by Crippen LogP contribution is -2.21. The van der Waals surface area contributed by atoms with Gasteiger partial charge in [-0.1, -0.05) is 53.9 Å². The summed E-state index contributed by atoms with van der Waals surface area (Å²) >= 11 is 3.38. The van der Waals surface area contributed by atoms with Gasteiger partial charge in [-0.05, 0) is 12.5 Å². The fraction of sp³-hybridized carbons (Fsp3) is 0.333. The first-order valence-corrected chi connectivity index (χ1v) is 7.11. The zero-order valence-corrected chi connectivity index (χ0v) is 11.2. The number of nitrogens with zero attached hydrogens (tertiary/aromatic N) is 2. The standard InChI is InChI=1S/C12H14N2OS2/c1-12(8-14-15)9-16-11(17-12)13-7-10-5-3-2-4-6-10/h2-6,8,15H,7,9H2,1H3/b13-11?,14-8+. The molecule has 1 heterocycles. The van der Waals surface area contributed by atoms with Crippen LogP contribution in [0.5, 0.6) is 0 Å². The molecule has 1 aromatic rings. The molecule has 1 aliphatic rings. The molecule has 1 saturated heterocycles. The van der Waals surface area contributed by atoms with Gasteiger partial charge < -0.3 is 5.21 Å². The Morgan fingerprint density at radius 1 is 1.41 bits per heavy atom. The fourth-order valence-electron chi connectivity index (χ4n) is 1.47. The number of benzene rings is 1. The molecule has 1 aliphatic heterocycles. The quantitative estimate of drug-likeness (QED) is 0.519. The van der Waals surface area contributed by atoms with Gasteiger partial charge in [-0.25, -0.2) is 0 Å². The van der Waals surface area contributed by atoms with Crippen LogP contribution in [0.3, 0.4) is 0 Å². The lowest BCUT2D eigenvalue weighted by atomic mass is 10.2. The summed E-state index contributed by atoms with van der Waals surface area (Å²) in [4.78, 5) is 4.57. The van der Waals surface area contributed by atoms with Crippen molar-refractivity contribution in [3.8, 4) is 0 Å². The van der Waals surface area contributed by atoms with Crippen LogP contribution in [-0.4, -0.2) is 26.3 Å². The van der Waals surface area contributed by atoms with Crippen molar-refractivity contribution in [2.24, 2.45) is 10.1 Å². The summed E-state index contributed by atoms with van der Waals surface area (Å²) < 4.78 is 0.936. The third-order valence-electron chi connectivity index (χ3n) is 2.37. The van der Waals surface area contributed by atoms with Crippen LogP contribution in [0.25, 0.3) is 0 Å². The van der Waals surface area contributed by atoms with E-state index in [2.05, 4.69) is 29.2 Å². The second-order valence-corrected chi connectivity index (χ2v) is 6.76. The highest BCUT2D eigenvalue weighted by molar-refractivity contribution is 8.42. The highest BCUT2D eigenvalue weighted by atomic mass is 32.2. The van der Waals surface area contributed by atoms with Gasteiger partial charge >= 0.3 is 0 Å². The van der Waals surface area contributed by atoms with Crippen LogP contribution < -0.4 is 0 Å². The molecule has 1 aromatic carbocycles. The monoisotopic (exact) mass is 266 g/mol. The molecule has 90 valence electrons. The number of thioether (sulfide) groups is 2. The van der Waals surface area contributed by atoms with E-state index in [4.69, 9.17) is 5.21 Å². The third-order valence-corrected chi connectivity index (χ3v) is 5.29. The summed E-state index contributed by atoms with van der Waals surface area (Å²) in [6.07, 6.45) is 1.58. The van der Waals surface area contributed by atoms with Crippen molar-refractivity contribution in [3.63, 3.8) is 0 Å². The predicted molar refractivity (Wildman–Crippen MR) is 76.3 cm³/mol. The molecule has 1 atom stereocenters. The molecular formula is C12H14N2OS2. The van der Waals surface area contributed by atoms with Crippen LogP contribution in [0.1, 0.15) is 12.5 Å². The maximum atomic E-state index is 8.59. The summed E-state index contributed by atoms with van der Waals surface area (Å²) in [5.74, 6) is 0.898. The SMILES string of the molecule is CC1(/C=N/O)CSC(=NCc2ccccc2)S1. The summed E-state index contributed by atoms with van der Waals surface area (Å²) in [5.41, 5.74) is 1.21.